The number of nitrogens with one attached hydrogen (secondary N) is 2. The Morgan fingerprint density at radius 1 is 1.14 bits per heavy atom. The molecule has 5 atom stereocenters. The lowest BCUT2D eigenvalue weighted by Gasteiger charge is -2.37. The molecule has 1 heterocycles. The third-order valence-electron chi connectivity index (χ3n) is 6.99. The van der Waals surface area contributed by atoms with E-state index in [4.69, 9.17) is 27.9 Å². The average molecular weight is 545 g/mol. The quantitative estimate of drug-likeness (QED) is 0.441. The van der Waals surface area contributed by atoms with Crippen molar-refractivity contribution in [1.82, 2.24) is 10.6 Å². The summed E-state index contributed by atoms with van der Waals surface area (Å²) in [7, 11) is 1.30. The number of esters is 1. The van der Waals surface area contributed by atoms with Crippen LogP contribution in [0.3, 0.4) is 0 Å². The van der Waals surface area contributed by atoms with E-state index >= 15 is 0 Å². The fraction of sp³-hybridized carbons (Fsp3) is 0.483. The van der Waals surface area contributed by atoms with Crippen LogP contribution in [0, 0.1) is 22.7 Å². The second-order valence-corrected chi connectivity index (χ2v) is 12.1. The molecule has 0 spiro atoms. The number of halogens is 2. The first kappa shape index (κ1) is 29.0. The third-order valence-corrected chi connectivity index (χ3v) is 7.47. The fourth-order valence-electron chi connectivity index (χ4n) is 5.32. The van der Waals surface area contributed by atoms with Crippen LogP contribution in [0.25, 0.3) is 0 Å². The topological polar surface area (TPSA) is 91.2 Å². The molecule has 3 rings (SSSR count). The zero-order chi connectivity index (χ0) is 27.5. The Morgan fingerprint density at radius 2 is 1.78 bits per heavy atom. The average Bonchev–Trinajstić information content (AvgIpc) is 3.15. The molecule has 37 heavy (non-hydrogen) atoms. The summed E-state index contributed by atoms with van der Waals surface area (Å²) in [6, 6.07) is 15.1. The summed E-state index contributed by atoms with van der Waals surface area (Å²) in [5, 5.41) is 18.4. The van der Waals surface area contributed by atoms with Crippen molar-refractivity contribution in [2.45, 2.75) is 70.5 Å². The van der Waals surface area contributed by atoms with Gasteiger partial charge in [0.1, 0.15) is 11.5 Å². The van der Waals surface area contributed by atoms with E-state index in [1.807, 2.05) is 38.1 Å². The Labute approximate surface area is 229 Å². The SMILES string of the molecule is COC(=O)C(NC(=O)[C@H]1N[C@H](CC(C)(C)C)[C@@](C#N)(c2ccc(Cl)cc2)[C@@H]1c1cccc(Cl)c1)C(C)C. The lowest BCUT2D eigenvalue weighted by atomic mass is 9.63. The van der Waals surface area contributed by atoms with Crippen LogP contribution in [0.4, 0.5) is 0 Å². The molecule has 6 nitrogen and oxygen atoms in total. The number of ether oxygens (including phenoxy) is 1. The maximum atomic E-state index is 13.9. The van der Waals surface area contributed by atoms with Crippen molar-refractivity contribution in [3.8, 4) is 6.07 Å². The monoisotopic (exact) mass is 543 g/mol. The summed E-state index contributed by atoms with van der Waals surface area (Å²) < 4.78 is 4.94. The van der Waals surface area contributed by atoms with Crippen molar-refractivity contribution < 1.29 is 14.3 Å². The number of carbonyl (C=O) groups excluding carboxylic acids is 2. The molecule has 2 N–H and O–H groups in total. The van der Waals surface area contributed by atoms with Crippen LogP contribution >= 0.6 is 23.2 Å². The van der Waals surface area contributed by atoms with E-state index in [0.717, 1.165) is 11.1 Å². The number of hydrogen-bond donors (Lipinski definition) is 2. The Kier molecular flexibility index (Phi) is 8.95. The number of amides is 1. The normalized spacial score (nSPS) is 24.4. The number of rotatable bonds is 7. The Balaban J connectivity index is 2.23. The van der Waals surface area contributed by atoms with Crippen molar-refractivity contribution >= 4 is 35.1 Å². The molecule has 0 aromatic heterocycles. The van der Waals surface area contributed by atoms with Gasteiger partial charge in [-0.3, -0.25) is 4.79 Å². The number of benzene rings is 2. The maximum Gasteiger partial charge on any atom is 0.328 e. The highest BCUT2D eigenvalue weighted by Gasteiger charge is 2.59. The number of methoxy groups -OCH3 is 1. The third kappa shape index (κ3) is 6.12. The van der Waals surface area contributed by atoms with E-state index in [9.17, 15) is 14.9 Å². The first-order valence-corrected chi connectivity index (χ1v) is 13.2. The van der Waals surface area contributed by atoms with Crippen molar-refractivity contribution in [3.05, 3.63) is 69.7 Å². The van der Waals surface area contributed by atoms with Gasteiger partial charge in [-0.25, -0.2) is 4.79 Å². The molecule has 0 saturated carbocycles. The molecule has 1 unspecified atom stereocenters. The van der Waals surface area contributed by atoms with Gasteiger partial charge in [-0.1, -0.05) is 82.1 Å². The van der Waals surface area contributed by atoms with Gasteiger partial charge in [-0.05, 0) is 53.1 Å². The number of nitrogens with zero attached hydrogens (tertiary/aromatic N) is 1. The second kappa shape index (κ2) is 11.4. The van der Waals surface area contributed by atoms with E-state index in [1.165, 1.54) is 7.11 Å². The van der Waals surface area contributed by atoms with Crippen LogP contribution in [0.2, 0.25) is 10.0 Å². The van der Waals surface area contributed by atoms with Crippen LogP contribution in [0.1, 0.15) is 58.1 Å². The molecule has 1 fully saturated rings. The van der Waals surface area contributed by atoms with Gasteiger partial charge in [0.2, 0.25) is 5.91 Å². The fourth-order valence-corrected chi connectivity index (χ4v) is 5.65. The van der Waals surface area contributed by atoms with Gasteiger partial charge >= 0.3 is 5.97 Å². The maximum absolute atomic E-state index is 13.9. The van der Waals surface area contributed by atoms with Gasteiger partial charge in [0, 0.05) is 22.0 Å². The van der Waals surface area contributed by atoms with E-state index in [1.54, 1.807) is 24.3 Å². The summed E-state index contributed by atoms with van der Waals surface area (Å²) in [6.45, 7) is 9.99. The zero-order valence-corrected chi connectivity index (χ0v) is 23.7. The molecular weight excluding hydrogens is 509 g/mol. The van der Waals surface area contributed by atoms with Gasteiger partial charge in [0.05, 0.1) is 19.2 Å². The molecule has 0 aliphatic carbocycles. The lowest BCUT2D eigenvalue weighted by Crippen LogP contribution is -2.52. The Bertz CT molecular complexity index is 1170. The van der Waals surface area contributed by atoms with Crippen molar-refractivity contribution in [2.75, 3.05) is 7.11 Å². The summed E-state index contributed by atoms with van der Waals surface area (Å²) in [6.07, 6.45) is 0.620. The van der Waals surface area contributed by atoms with Gasteiger partial charge in [0.15, 0.2) is 0 Å². The number of hydrogen-bond acceptors (Lipinski definition) is 5. The Hall–Kier alpha value is -2.59. The second-order valence-electron chi connectivity index (χ2n) is 11.2. The molecule has 1 aliphatic rings. The number of carbonyl (C=O) groups is 2. The minimum absolute atomic E-state index is 0.150. The van der Waals surface area contributed by atoms with Crippen LogP contribution in [-0.2, 0) is 19.7 Å². The Morgan fingerprint density at radius 3 is 2.30 bits per heavy atom. The van der Waals surface area contributed by atoms with Gasteiger partial charge < -0.3 is 15.4 Å². The molecule has 0 radical (unpaired) electrons. The van der Waals surface area contributed by atoms with E-state index in [-0.39, 0.29) is 23.3 Å². The van der Waals surface area contributed by atoms with Gasteiger partial charge in [0.25, 0.3) is 0 Å². The van der Waals surface area contributed by atoms with Crippen LogP contribution in [0.5, 0.6) is 0 Å². The molecule has 2 aromatic carbocycles. The highest BCUT2D eigenvalue weighted by Crippen LogP contribution is 2.51. The highest BCUT2D eigenvalue weighted by atomic mass is 35.5. The lowest BCUT2D eigenvalue weighted by molar-refractivity contribution is -0.146. The van der Waals surface area contributed by atoms with Crippen LogP contribution < -0.4 is 10.6 Å². The van der Waals surface area contributed by atoms with Crippen molar-refractivity contribution in [2.24, 2.45) is 11.3 Å². The molecule has 198 valence electrons. The minimum atomic E-state index is -1.12. The number of nitriles is 1. The molecule has 0 bridgehead atoms. The standard InChI is InChI=1S/C29H35Cl2N3O3/c1-17(2)24(27(36)37-6)34-26(35)25-23(18-8-7-9-21(31)14-18)29(16-32,19-10-12-20(30)13-11-19)22(33-25)15-28(3,4)5/h7-14,17,22-25,33H,15H2,1-6H3,(H,34,35)/t22-,23-,24?,25+,29-/m1/s1. The smallest absolute Gasteiger partial charge is 0.328 e. The van der Waals surface area contributed by atoms with E-state index in [2.05, 4.69) is 37.5 Å². The molecule has 1 saturated heterocycles. The van der Waals surface area contributed by atoms with Crippen LogP contribution in [0.15, 0.2) is 48.5 Å². The predicted octanol–water partition coefficient (Wildman–Crippen LogP) is 5.63. The summed E-state index contributed by atoms with van der Waals surface area (Å²) in [5.41, 5.74) is 0.244. The summed E-state index contributed by atoms with van der Waals surface area (Å²) >= 11 is 12.6. The van der Waals surface area contributed by atoms with Gasteiger partial charge in [-0.15, -0.1) is 0 Å². The molecule has 2 aromatic rings. The van der Waals surface area contributed by atoms with E-state index in [0.29, 0.717) is 16.5 Å². The van der Waals surface area contributed by atoms with E-state index < -0.39 is 29.4 Å². The van der Waals surface area contributed by atoms with Crippen molar-refractivity contribution in [3.63, 3.8) is 0 Å². The summed E-state index contributed by atoms with van der Waals surface area (Å²) in [4.78, 5) is 26.4. The zero-order valence-electron chi connectivity index (χ0n) is 22.1. The highest BCUT2D eigenvalue weighted by molar-refractivity contribution is 6.30. The largest absolute Gasteiger partial charge is 0.467 e. The first-order valence-electron chi connectivity index (χ1n) is 12.4. The van der Waals surface area contributed by atoms with Crippen molar-refractivity contribution in [1.29, 1.82) is 5.26 Å². The molecule has 1 amide bonds. The first-order chi connectivity index (χ1) is 17.3. The molecule has 8 heteroatoms. The van der Waals surface area contributed by atoms with Crippen LogP contribution in [-0.4, -0.2) is 37.1 Å². The molecule has 1 aliphatic heterocycles. The molecular formula is C29H35Cl2N3O3. The minimum Gasteiger partial charge on any atom is -0.467 e. The summed E-state index contributed by atoms with van der Waals surface area (Å²) in [5.74, 6) is -1.69. The van der Waals surface area contributed by atoms with Gasteiger partial charge in [-0.2, -0.15) is 5.26 Å². The predicted molar refractivity (Wildman–Crippen MR) is 147 cm³/mol.